The van der Waals surface area contributed by atoms with E-state index in [-0.39, 0.29) is 24.0 Å². The Morgan fingerprint density at radius 3 is 2.44 bits per heavy atom. The molecule has 1 saturated heterocycles. The first kappa shape index (κ1) is 17.8. The fraction of sp³-hybridized carbons (Fsp3) is 0.600. The van der Waals surface area contributed by atoms with E-state index in [4.69, 9.17) is 4.74 Å². The predicted molar refractivity (Wildman–Crippen MR) is 97.8 cm³/mol. The number of ether oxygens (including phenoxy) is 1. The third kappa shape index (κ3) is 3.51. The Bertz CT molecular complexity index is 657. The SMILES string of the molecule is CC[C@H]1C(=O)N(C2CCN(C(=O)OC(C)(C)C)CC2)c2ccccc21. The molecule has 1 fully saturated rings. The van der Waals surface area contributed by atoms with Gasteiger partial charge in [-0.1, -0.05) is 25.1 Å². The molecule has 25 heavy (non-hydrogen) atoms. The van der Waals surface area contributed by atoms with Gasteiger partial charge in [0.25, 0.3) is 0 Å². The Labute approximate surface area is 149 Å². The number of fused-ring (bicyclic) bond motifs is 1. The van der Waals surface area contributed by atoms with Gasteiger partial charge in [0, 0.05) is 24.8 Å². The first-order chi connectivity index (χ1) is 11.8. The van der Waals surface area contributed by atoms with Gasteiger partial charge in [-0.25, -0.2) is 4.79 Å². The summed E-state index contributed by atoms with van der Waals surface area (Å²) in [7, 11) is 0. The summed E-state index contributed by atoms with van der Waals surface area (Å²) in [5.74, 6) is 0.180. The van der Waals surface area contributed by atoms with Gasteiger partial charge in [0.1, 0.15) is 5.60 Å². The average molecular weight is 344 g/mol. The van der Waals surface area contributed by atoms with Crippen LogP contribution >= 0.6 is 0 Å². The average Bonchev–Trinajstić information content (AvgIpc) is 2.84. The van der Waals surface area contributed by atoms with E-state index in [1.54, 1.807) is 4.90 Å². The lowest BCUT2D eigenvalue weighted by atomic mass is 9.98. The molecule has 1 aromatic carbocycles. The monoisotopic (exact) mass is 344 g/mol. The number of likely N-dealkylation sites (tertiary alicyclic amines) is 1. The number of piperidine rings is 1. The van der Waals surface area contributed by atoms with E-state index in [0.717, 1.165) is 30.5 Å². The quantitative estimate of drug-likeness (QED) is 0.817. The maximum absolute atomic E-state index is 12.9. The van der Waals surface area contributed by atoms with Crippen molar-refractivity contribution in [1.29, 1.82) is 0 Å². The standard InChI is InChI=1S/C20H28N2O3/c1-5-15-16-8-6-7-9-17(16)22(18(15)23)14-10-12-21(13-11-14)19(24)25-20(2,3)4/h6-9,14-15H,5,10-13H2,1-4H3/t15-/m1/s1. The lowest BCUT2D eigenvalue weighted by Gasteiger charge is -2.37. The minimum atomic E-state index is -0.480. The Kier molecular flexibility index (Phi) is 4.76. The molecule has 0 unspecified atom stereocenters. The fourth-order valence-corrected chi connectivity index (χ4v) is 3.83. The van der Waals surface area contributed by atoms with E-state index in [9.17, 15) is 9.59 Å². The normalized spacial score (nSPS) is 21.4. The highest BCUT2D eigenvalue weighted by atomic mass is 16.6. The molecule has 136 valence electrons. The number of amides is 2. The lowest BCUT2D eigenvalue weighted by molar-refractivity contribution is -0.120. The topological polar surface area (TPSA) is 49.9 Å². The molecule has 2 amide bonds. The van der Waals surface area contributed by atoms with Crippen molar-refractivity contribution in [3.8, 4) is 0 Å². The highest BCUT2D eigenvalue weighted by molar-refractivity contribution is 6.05. The molecular formula is C20H28N2O3. The smallest absolute Gasteiger partial charge is 0.410 e. The third-order valence-corrected chi connectivity index (χ3v) is 5.00. The second-order valence-electron chi connectivity index (χ2n) is 7.93. The molecule has 2 aliphatic rings. The van der Waals surface area contributed by atoms with Gasteiger partial charge >= 0.3 is 6.09 Å². The van der Waals surface area contributed by atoms with Gasteiger partial charge in [0.15, 0.2) is 0 Å². The van der Waals surface area contributed by atoms with Crippen molar-refractivity contribution in [1.82, 2.24) is 4.90 Å². The van der Waals surface area contributed by atoms with Crippen LogP contribution in [0.2, 0.25) is 0 Å². The Morgan fingerprint density at radius 1 is 1.20 bits per heavy atom. The largest absolute Gasteiger partial charge is 0.444 e. The number of para-hydroxylation sites is 1. The van der Waals surface area contributed by atoms with Crippen molar-refractivity contribution < 1.29 is 14.3 Å². The number of anilines is 1. The summed E-state index contributed by atoms with van der Waals surface area (Å²) >= 11 is 0. The second-order valence-corrected chi connectivity index (χ2v) is 7.93. The maximum Gasteiger partial charge on any atom is 0.410 e. The van der Waals surface area contributed by atoms with Crippen molar-refractivity contribution in [2.45, 2.75) is 64.5 Å². The molecule has 1 aromatic rings. The molecule has 1 atom stereocenters. The van der Waals surface area contributed by atoms with Gasteiger partial charge in [0.05, 0.1) is 5.92 Å². The molecule has 0 spiro atoms. The van der Waals surface area contributed by atoms with Gasteiger partial charge in [-0.15, -0.1) is 0 Å². The zero-order valence-corrected chi connectivity index (χ0v) is 15.6. The van der Waals surface area contributed by atoms with E-state index in [2.05, 4.69) is 13.0 Å². The summed E-state index contributed by atoms with van der Waals surface area (Å²) in [4.78, 5) is 28.9. The van der Waals surface area contributed by atoms with Crippen LogP contribution in [-0.4, -0.2) is 41.6 Å². The van der Waals surface area contributed by atoms with Crippen LogP contribution in [0.4, 0.5) is 10.5 Å². The summed E-state index contributed by atoms with van der Waals surface area (Å²) in [5.41, 5.74) is 1.71. The van der Waals surface area contributed by atoms with Crippen molar-refractivity contribution in [3.63, 3.8) is 0 Å². The van der Waals surface area contributed by atoms with Gasteiger partial charge in [0.2, 0.25) is 5.91 Å². The van der Waals surface area contributed by atoms with Crippen molar-refractivity contribution >= 4 is 17.7 Å². The molecule has 2 aliphatic heterocycles. The second kappa shape index (κ2) is 6.70. The number of hydrogen-bond donors (Lipinski definition) is 0. The van der Waals surface area contributed by atoms with Crippen LogP contribution < -0.4 is 4.90 Å². The Balaban J connectivity index is 1.69. The van der Waals surface area contributed by atoms with Crippen molar-refractivity contribution in [2.24, 2.45) is 0 Å². The molecule has 0 aliphatic carbocycles. The first-order valence-electron chi connectivity index (χ1n) is 9.21. The van der Waals surface area contributed by atoms with Crippen LogP contribution in [0.25, 0.3) is 0 Å². The molecule has 0 radical (unpaired) electrons. The molecule has 0 saturated carbocycles. The van der Waals surface area contributed by atoms with E-state index in [0.29, 0.717) is 13.1 Å². The number of carbonyl (C=O) groups is 2. The fourth-order valence-electron chi connectivity index (χ4n) is 3.83. The summed E-state index contributed by atoms with van der Waals surface area (Å²) in [6.45, 7) is 8.95. The minimum absolute atomic E-state index is 0.0277. The van der Waals surface area contributed by atoms with Crippen LogP contribution in [0.3, 0.4) is 0 Å². The summed E-state index contributed by atoms with van der Waals surface area (Å²) in [6.07, 6.45) is 2.14. The highest BCUT2D eigenvalue weighted by Crippen LogP contribution is 2.41. The van der Waals surface area contributed by atoms with Gasteiger partial charge in [-0.05, 0) is 51.7 Å². The molecule has 3 rings (SSSR count). The number of hydrogen-bond acceptors (Lipinski definition) is 3. The highest BCUT2D eigenvalue weighted by Gasteiger charge is 2.41. The van der Waals surface area contributed by atoms with Crippen LogP contribution in [-0.2, 0) is 9.53 Å². The summed E-state index contributed by atoms with van der Waals surface area (Å²) in [6, 6.07) is 8.26. The number of benzene rings is 1. The predicted octanol–water partition coefficient (Wildman–Crippen LogP) is 3.93. The molecule has 0 N–H and O–H groups in total. The van der Waals surface area contributed by atoms with E-state index < -0.39 is 5.60 Å². The van der Waals surface area contributed by atoms with Gasteiger partial charge in [-0.3, -0.25) is 4.79 Å². The van der Waals surface area contributed by atoms with Crippen LogP contribution in [0.15, 0.2) is 24.3 Å². The molecule has 0 aromatic heterocycles. The molecule has 5 heteroatoms. The molecule has 5 nitrogen and oxygen atoms in total. The Morgan fingerprint density at radius 2 is 1.84 bits per heavy atom. The van der Waals surface area contributed by atoms with Crippen LogP contribution in [0.5, 0.6) is 0 Å². The van der Waals surface area contributed by atoms with Crippen molar-refractivity contribution in [3.05, 3.63) is 29.8 Å². The van der Waals surface area contributed by atoms with Crippen LogP contribution in [0.1, 0.15) is 58.4 Å². The minimum Gasteiger partial charge on any atom is -0.444 e. The van der Waals surface area contributed by atoms with E-state index in [1.807, 2.05) is 43.9 Å². The molecule has 0 bridgehead atoms. The Hall–Kier alpha value is -2.04. The molecule has 2 heterocycles. The number of carbonyl (C=O) groups excluding carboxylic acids is 2. The van der Waals surface area contributed by atoms with E-state index in [1.165, 1.54) is 0 Å². The number of nitrogens with zero attached hydrogens (tertiary/aromatic N) is 2. The molecular weight excluding hydrogens is 316 g/mol. The lowest BCUT2D eigenvalue weighted by Crippen LogP contribution is -2.49. The zero-order chi connectivity index (χ0) is 18.2. The van der Waals surface area contributed by atoms with Gasteiger partial charge < -0.3 is 14.5 Å². The third-order valence-electron chi connectivity index (χ3n) is 5.00. The van der Waals surface area contributed by atoms with Crippen molar-refractivity contribution in [2.75, 3.05) is 18.0 Å². The summed E-state index contributed by atoms with van der Waals surface area (Å²) in [5, 5.41) is 0. The first-order valence-corrected chi connectivity index (χ1v) is 9.21. The van der Waals surface area contributed by atoms with Crippen LogP contribution in [0, 0.1) is 0 Å². The van der Waals surface area contributed by atoms with E-state index >= 15 is 0 Å². The number of rotatable bonds is 2. The van der Waals surface area contributed by atoms with Gasteiger partial charge in [-0.2, -0.15) is 0 Å². The maximum atomic E-state index is 12.9. The summed E-state index contributed by atoms with van der Waals surface area (Å²) < 4.78 is 5.46. The zero-order valence-electron chi connectivity index (χ0n) is 15.6.